The number of carbonyl (C=O) groups is 1. The van der Waals surface area contributed by atoms with Crippen molar-refractivity contribution in [2.75, 3.05) is 18.4 Å². The Hall–Kier alpha value is -2.16. The van der Waals surface area contributed by atoms with Crippen molar-refractivity contribution in [2.45, 2.75) is 13.1 Å². The van der Waals surface area contributed by atoms with Crippen LogP contribution < -0.4 is 10.6 Å². The highest BCUT2D eigenvalue weighted by molar-refractivity contribution is 5.92. The molecule has 0 radical (unpaired) electrons. The molecule has 0 atom stereocenters. The Labute approximate surface area is 112 Å². The number of halogens is 3. The first-order valence-electron chi connectivity index (χ1n) is 5.51. The second kappa shape index (κ2) is 6.33. The Morgan fingerprint density at radius 2 is 2.05 bits per heavy atom. The number of aryl methyl sites for hydroxylation is 1. The van der Waals surface area contributed by atoms with Crippen molar-refractivity contribution < 1.29 is 22.9 Å². The van der Waals surface area contributed by atoms with Gasteiger partial charge >= 0.3 is 6.18 Å². The van der Waals surface area contributed by atoms with E-state index in [1.54, 1.807) is 0 Å². The monoisotopic (exact) mass is 291 g/mol. The minimum Gasteiger partial charge on any atom is -0.325 e. The molecule has 0 aliphatic carbocycles. The Morgan fingerprint density at radius 3 is 2.60 bits per heavy atom. The second-order valence-electron chi connectivity index (χ2n) is 4.03. The average Bonchev–Trinajstić information content (AvgIpc) is 2.29. The average molecular weight is 291 g/mol. The van der Waals surface area contributed by atoms with E-state index in [1.165, 1.54) is 19.1 Å². The lowest BCUT2D eigenvalue weighted by molar-refractivity contribution is -0.385. The molecule has 0 unspecified atom stereocenters. The van der Waals surface area contributed by atoms with Gasteiger partial charge in [-0.2, -0.15) is 13.2 Å². The lowest BCUT2D eigenvalue weighted by Gasteiger charge is -2.09. The van der Waals surface area contributed by atoms with Crippen LogP contribution in [-0.2, 0) is 4.79 Å². The molecule has 20 heavy (non-hydrogen) atoms. The predicted molar refractivity (Wildman–Crippen MR) is 65.4 cm³/mol. The Balaban J connectivity index is 2.58. The van der Waals surface area contributed by atoms with E-state index in [0.717, 1.165) is 6.07 Å². The Morgan fingerprint density at radius 1 is 1.40 bits per heavy atom. The molecule has 6 nitrogen and oxygen atoms in total. The minimum absolute atomic E-state index is 0.154. The van der Waals surface area contributed by atoms with Crippen molar-refractivity contribution in [1.29, 1.82) is 0 Å². The number of nitro groups is 1. The fourth-order valence-corrected chi connectivity index (χ4v) is 1.41. The summed E-state index contributed by atoms with van der Waals surface area (Å²) in [6, 6.07) is 4.03. The van der Waals surface area contributed by atoms with Gasteiger partial charge in [-0.1, -0.05) is 6.07 Å². The summed E-state index contributed by atoms with van der Waals surface area (Å²) in [5.41, 5.74) is 0.398. The number of amides is 1. The van der Waals surface area contributed by atoms with E-state index in [1.807, 2.05) is 5.32 Å². The molecule has 0 heterocycles. The first kappa shape index (κ1) is 15.9. The summed E-state index contributed by atoms with van der Waals surface area (Å²) in [4.78, 5) is 21.4. The normalized spacial score (nSPS) is 11.2. The Bertz CT molecular complexity index is 517. The maximum absolute atomic E-state index is 11.8. The van der Waals surface area contributed by atoms with Gasteiger partial charge in [-0.15, -0.1) is 0 Å². The van der Waals surface area contributed by atoms with Crippen LogP contribution >= 0.6 is 0 Å². The summed E-state index contributed by atoms with van der Waals surface area (Å²) in [5, 5.41) is 14.9. The summed E-state index contributed by atoms with van der Waals surface area (Å²) >= 11 is 0. The van der Waals surface area contributed by atoms with Crippen molar-refractivity contribution in [2.24, 2.45) is 0 Å². The molecular weight excluding hydrogens is 279 g/mol. The molecule has 110 valence electrons. The zero-order valence-electron chi connectivity index (χ0n) is 10.5. The molecule has 0 bridgehead atoms. The van der Waals surface area contributed by atoms with Crippen LogP contribution in [0.25, 0.3) is 0 Å². The number of nitrogens with one attached hydrogen (secondary N) is 2. The summed E-state index contributed by atoms with van der Waals surface area (Å²) in [6.07, 6.45) is -4.40. The number of benzene rings is 1. The molecule has 1 rings (SSSR count). The fraction of sp³-hybridized carbons (Fsp3) is 0.364. The van der Waals surface area contributed by atoms with Crippen LogP contribution in [0.5, 0.6) is 0 Å². The molecule has 1 aromatic rings. The smallest absolute Gasteiger partial charge is 0.325 e. The van der Waals surface area contributed by atoms with Gasteiger partial charge in [0.05, 0.1) is 18.0 Å². The number of hydrogen-bond acceptors (Lipinski definition) is 4. The third-order valence-corrected chi connectivity index (χ3v) is 2.30. The van der Waals surface area contributed by atoms with E-state index in [2.05, 4.69) is 5.32 Å². The maximum atomic E-state index is 11.8. The number of nitrogens with zero attached hydrogens (tertiary/aromatic N) is 1. The highest BCUT2D eigenvalue weighted by Crippen LogP contribution is 2.22. The van der Waals surface area contributed by atoms with Crippen LogP contribution in [0.4, 0.5) is 24.5 Å². The third-order valence-electron chi connectivity index (χ3n) is 2.30. The molecule has 0 aliphatic heterocycles. The van der Waals surface area contributed by atoms with Gasteiger partial charge in [-0.05, 0) is 13.0 Å². The molecule has 9 heteroatoms. The number of hydrogen-bond donors (Lipinski definition) is 2. The van der Waals surface area contributed by atoms with E-state index < -0.39 is 30.1 Å². The van der Waals surface area contributed by atoms with Gasteiger partial charge in [0.2, 0.25) is 5.91 Å². The van der Waals surface area contributed by atoms with Gasteiger partial charge < -0.3 is 10.6 Å². The number of nitro benzene ring substituents is 1. The molecule has 1 amide bonds. The number of anilines is 1. The Kier molecular flexibility index (Phi) is 5.03. The first-order chi connectivity index (χ1) is 9.19. The van der Waals surface area contributed by atoms with Crippen LogP contribution in [0.1, 0.15) is 5.56 Å². The van der Waals surface area contributed by atoms with Gasteiger partial charge in [-0.25, -0.2) is 0 Å². The van der Waals surface area contributed by atoms with E-state index in [0.29, 0.717) is 5.56 Å². The van der Waals surface area contributed by atoms with E-state index >= 15 is 0 Å². The largest absolute Gasteiger partial charge is 0.401 e. The quantitative estimate of drug-likeness (QED) is 0.642. The summed E-state index contributed by atoms with van der Waals surface area (Å²) < 4.78 is 35.5. The van der Waals surface area contributed by atoms with Gasteiger partial charge in [-0.3, -0.25) is 14.9 Å². The van der Waals surface area contributed by atoms with Gasteiger partial charge in [0, 0.05) is 17.3 Å². The topological polar surface area (TPSA) is 84.3 Å². The van der Waals surface area contributed by atoms with Crippen molar-refractivity contribution in [3.8, 4) is 0 Å². The SMILES string of the molecule is Cc1ccc(NC(=O)CNCC(F)(F)F)cc1[N+](=O)[O-]. The van der Waals surface area contributed by atoms with Crippen molar-refractivity contribution in [1.82, 2.24) is 5.32 Å². The zero-order chi connectivity index (χ0) is 15.3. The first-order valence-corrected chi connectivity index (χ1v) is 5.51. The van der Waals surface area contributed by atoms with E-state index in [-0.39, 0.29) is 11.4 Å². The summed E-state index contributed by atoms with van der Waals surface area (Å²) in [5.74, 6) is -0.715. The molecule has 0 fully saturated rings. The molecule has 0 spiro atoms. The standard InChI is InChI=1S/C11H12F3N3O3/c1-7-2-3-8(4-9(7)17(19)20)16-10(18)5-15-6-11(12,13)14/h2-4,15H,5-6H2,1H3,(H,16,18). The lowest BCUT2D eigenvalue weighted by Crippen LogP contribution is -2.35. The van der Waals surface area contributed by atoms with Crippen LogP contribution in [0, 0.1) is 17.0 Å². The number of carbonyl (C=O) groups excluding carboxylic acids is 1. The maximum Gasteiger partial charge on any atom is 0.401 e. The van der Waals surface area contributed by atoms with Gasteiger partial charge in [0.1, 0.15) is 0 Å². The molecule has 0 aliphatic rings. The molecule has 1 aromatic carbocycles. The van der Waals surface area contributed by atoms with Crippen molar-refractivity contribution >= 4 is 17.3 Å². The highest BCUT2D eigenvalue weighted by Gasteiger charge is 2.26. The van der Waals surface area contributed by atoms with Crippen LogP contribution in [-0.4, -0.2) is 30.1 Å². The van der Waals surface area contributed by atoms with Crippen LogP contribution in [0.2, 0.25) is 0 Å². The van der Waals surface area contributed by atoms with E-state index in [4.69, 9.17) is 0 Å². The fourth-order valence-electron chi connectivity index (χ4n) is 1.41. The van der Waals surface area contributed by atoms with E-state index in [9.17, 15) is 28.1 Å². The summed E-state index contributed by atoms with van der Waals surface area (Å²) in [7, 11) is 0. The lowest BCUT2D eigenvalue weighted by atomic mass is 10.2. The predicted octanol–water partition coefficient (Wildman–Crippen LogP) is 1.99. The van der Waals surface area contributed by atoms with Crippen molar-refractivity contribution in [3.05, 3.63) is 33.9 Å². The van der Waals surface area contributed by atoms with Gasteiger partial charge in [0.15, 0.2) is 0 Å². The zero-order valence-corrected chi connectivity index (χ0v) is 10.5. The molecular formula is C11H12F3N3O3. The molecule has 0 saturated carbocycles. The van der Waals surface area contributed by atoms with Gasteiger partial charge in [0.25, 0.3) is 5.69 Å². The number of alkyl halides is 3. The van der Waals surface area contributed by atoms with Crippen molar-refractivity contribution in [3.63, 3.8) is 0 Å². The number of rotatable bonds is 5. The highest BCUT2D eigenvalue weighted by atomic mass is 19.4. The molecule has 2 N–H and O–H groups in total. The second-order valence-corrected chi connectivity index (χ2v) is 4.03. The van der Waals surface area contributed by atoms with Crippen LogP contribution in [0.3, 0.4) is 0 Å². The molecule has 0 saturated heterocycles. The molecule has 0 aromatic heterocycles. The third kappa shape index (κ3) is 5.22. The summed E-state index contributed by atoms with van der Waals surface area (Å²) in [6.45, 7) is -0.287. The van der Waals surface area contributed by atoms with Crippen LogP contribution in [0.15, 0.2) is 18.2 Å². The minimum atomic E-state index is -4.40.